The van der Waals surface area contributed by atoms with E-state index < -0.39 is 31.5 Å². The van der Waals surface area contributed by atoms with Gasteiger partial charge in [0.1, 0.15) is 0 Å². The van der Waals surface area contributed by atoms with Crippen molar-refractivity contribution in [2.45, 2.75) is 60.4 Å². The second-order valence-electron chi connectivity index (χ2n) is 14.8. The monoisotopic (exact) mass is 540 g/mol. The quantitative estimate of drug-likeness (QED) is 0.395. The van der Waals surface area contributed by atoms with Crippen molar-refractivity contribution in [3.63, 3.8) is 0 Å². The van der Waals surface area contributed by atoms with E-state index >= 15 is 0 Å². The van der Waals surface area contributed by atoms with Gasteiger partial charge in [0, 0.05) is 0 Å². The Balaban J connectivity index is 2.20. The number of benzene rings is 2. The Morgan fingerprint density at radius 1 is 0.694 bits per heavy atom. The van der Waals surface area contributed by atoms with Crippen molar-refractivity contribution in [2.75, 3.05) is 0 Å². The number of fused-ring (bicyclic) bond motifs is 2. The molecule has 0 saturated carbocycles. The Morgan fingerprint density at radius 2 is 1.03 bits per heavy atom. The minimum absolute atomic E-state index is 0.365. The molecular formula is C30H40O4SiTi. The second-order valence-corrected chi connectivity index (χ2v) is 43.3. The summed E-state index contributed by atoms with van der Waals surface area (Å²) in [5.74, 6) is -0.731. The van der Waals surface area contributed by atoms with Crippen LogP contribution in [-0.4, -0.2) is 19.6 Å². The van der Waals surface area contributed by atoms with Gasteiger partial charge in [-0.1, -0.05) is 0 Å². The van der Waals surface area contributed by atoms with E-state index in [1.54, 1.807) is 7.63 Å². The van der Waals surface area contributed by atoms with Gasteiger partial charge < -0.3 is 0 Å². The molecule has 2 aromatic rings. The van der Waals surface area contributed by atoms with Crippen molar-refractivity contribution in [1.29, 1.82) is 0 Å². The summed E-state index contributed by atoms with van der Waals surface area (Å²) in [6.45, 7) is 11.1. The first kappa shape index (κ1) is 26.8. The summed E-state index contributed by atoms with van der Waals surface area (Å²) in [6, 6.07) is 16.3. The number of hydrogen-bond donors (Lipinski definition) is 0. The van der Waals surface area contributed by atoms with Crippen LogP contribution in [0.15, 0.2) is 60.7 Å². The Labute approximate surface area is 213 Å². The van der Waals surface area contributed by atoms with Gasteiger partial charge >= 0.3 is 214 Å². The second kappa shape index (κ2) is 7.00. The first-order chi connectivity index (χ1) is 16.3. The molecule has 6 heteroatoms. The zero-order chi connectivity index (χ0) is 26.9. The molecule has 4 nitrogen and oxygen atoms in total. The summed E-state index contributed by atoms with van der Waals surface area (Å²) in [5.41, 5.74) is 2.55. The number of carbonyl (C=O) groups is 2. The molecule has 192 valence electrons. The SMILES string of the molecule is CC(C)(C)C(=O)[O][Ti]([CH3])([CH3])(=[SiH2])([O]C(=O)C(C)(C)C)([CH]1C=Cc2ccccc21)[CH]1C=Cc2ccccc21. The van der Waals surface area contributed by atoms with Crippen molar-refractivity contribution < 1.29 is 28.5 Å². The zero-order valence-electron chi connectivity index (χ0n) is 22.9. The van der Waals surface area contributed by atoms with Gasteiger partial charge in [0.25, 0.3) is 0 Å². The summed E-state index contributed by atoms with van der Waals surface area (Å²) < 4.78 is 13.4. The van der Waals surface area contributed by atoms with E-state index in [2.05, 4.69) is 48.6 Å². The van der Waals surface area contributed by atoms with Gasteiger partial charge in [-0.15, -0.1) is 0 Å². The van der Waals surface area contributed by atoms with E-state index in [0.29, 0.717) is 0 Å². The van der Waals surface area contributed by atoms with Crippen LogP contribution in [0.1, 0.15) is 72.2 Å². The summed E-state index contributed by atoms with van der Waals surface area (Å²) >= 11 is -6.44. The third kappa shape index (κ3) is 3.74. The van der Waals surface area contributed by atoms with Crippen molar-refractivity contribution in [3.8, 4) is 0 Å². The summed E-state index contributed by atoms with van der Waals surface area (Å²) in [7, 11) is 1.68. The average Bonchev–Trinajstić information content (AvgIpc) is 3.38. The molecule has 0 fully saturated rings. The maximum absolute atomic E-state index is 14.1. The van der Waals surface area contributed by atoms with Crippen LogP contribution < -0.4 is 0 Å². The molecule has 4 rings (SSSR count). The minimum atomic E-state index is -6.44. The van der Waals surface area contributed by atoms with Gasteiger partial charge in [-0.2, -0.15) is 0 Å². The van der Waals surface area contributed by atoms with E-state index in [0.717, 1.165) is 22.3 Å². The van der Waals surface area contributed by atoms with Crippen molar-refractivity contribution >= 4 is 31.7 Å². The number of hydrogen-bond acceptors (Lipinski definition) is 4. The Bertz CT molecular complexity index is 1380. The molecule has 2 aromatic carbocycles. The molecule has 2 atom stereocenters. The maximum atomic E-state index is 14.1. The van der Waals surface area contributed by atoms with Crippen LogP contribution in [-0.2, 0) is 28.5 Å². The van der Waals surface area contributed by atoms with Crippen LogP contribution in [0, 0.1) is 10.8 Å². The Morgan fingerprint density at radius 3 is 1.36 bits per heavy atom. The van der Waals surface area contributed by atoms with Gasteiger partial charge in [-0.05, 0) is 0 Å². The molecule has 0 saturated heterocycles. The average molecular weight is 541 g/mol. The van der Waals surface area contributed by atoms with Crippen molar-refractivity contribution in [1.82, 2.24) is 0 Å². The molecule has 0 bridgehead atoms. The molecule has 0 heterocycles. The van der Waals surface area contributed by atoms with E-state index in [4.69, 9.17) is 6.64 Å². The van der Waals surface area contributed by atoms with E-state index in [-0.39, 0.29) is 11.9 Å². The van der Waals surface area contributed by atoms with Crippen LogP contribution >= 0.6 is 0 Å². The zero-order valence-corrected chi connectivity index (χ0v) is 25.9. The fourth-order valence-corrected chi connectivity index (χ4v) is 22.6. The van der Waals surface area contributed by atoms with E-state index in [1.165, 1.54) is 0 Å². The molecule has 2 unspecified atom stereocenters. The van der Waals surface area contributed by atoms with Crippen LogP contribution in [0.4, 0.5) is 0 Å². The summed E-state index contributed by atoms with van der Waals surface area (Å²) in [5, 5.41) is 4.05. The van der Waals surface area contributed by atoms with Crippen LogP contribution in [0.3, 0.4) is 0 Å². The number of allylic oxidation sites excluding steroid dienone is 2. The predicted octanol–water partition coefficient (Wildman–Crippen LogP) is 6.94. The molecule has 0 N–H and O–H groups in total. The van der Waals surface area contributed by atoms with Crippen LogP contribution in [0.5, 0.6) is 0 Å². The molecule has 0 amide bonds. The molecule has 0 aromatic heterocycles. The molecule has 0 radical (unpaired) electrons. The summed E-state index contributed by atoms with van der Waals surface area (Å²) in [4.78, 5) is 28.1. The molecule has 2 aliphatic rings. The van der Waals surface area contributed by atoms with Crippen molar-refractivity contribution in [3.05, 3.63) is 82.9 Å². The Kier molecular flexibility index (Phi) is 5.22. The third-order valence-corrected chi connectivity index (χ3v) is 26.1. The fourth-order valence-electron chi connectivity index (χ4n) is 6.13. The van der Waals surface area contributed by atoms with Crippen molar-refractivity contribution in [2.24, 2.45) is 10.8 Å². The number of rotatable bonds is 4. The van der Waals surface area contributed by atoms with Gasteiger partial charge in [0.2, 0.25) is 0 Å². The predicted molar refractivity (Wildman–Crippen MR) is 148 cm³/mol. The van der Waals surface area contributed by atoms with Gasteiger partial charge in [0.15, 0.2) is 0 Å². The molecule has 0 aliphatic heterocycles. The molecular weight excluding hydrogens is 500 g/mol. The van der Waals surface area contributed by atoms with Gasteiger partial charge in [-0.25, -0.2) is 0 Å². The summed E-state index contributed by atoms with van der Waals surface area (Å²) in [6.07, 6.45) is 8.36. The topological polar surface area (TPSA) is 52.6 Å². The molecule has 0 spiro atoms. The third-order valence-electron chi connectivity index (χ3n) is 8.43. The van der Waals surface area contributed by atoms with Crippen LogP contribution in [0.2, 0.25) is 10.5 Å². The van der Waals surface area contributed by atoms with Gasteiger partial charge in [-0.3, -0.25) is 0 Å². The normalized spacial score (nSPS) is 21.9. The molecule has 2 aliphatic carbocycles. The number of carbonyl (C=O) groups excluding carboxylic acids is 2. The first-order valence-corrected chi connectivity index (χ1v) is 23.0. The van der Waals surface area contributed by atoms with E-state index in [9.17, 15) is 9.59 Å². The standard InChI is InChI=1S/2C9H7.2C5H10O2.2CH3.H2Si.Ti/c2*1-2-5-9-7-3-6-8(9)4-1;2*1-5(2,3)4(6)7;;;;/h2*1-7H;2*1-3H3,(H,6,7);2*1H3;1H2;/q;;;;;;;+2/p-2. The molecule has 36 heavy (non-hydrogen) atoms. The van der Waals surface area contributed by atoms with Crippen LogP contribution in [0.25, 0.3) is 12.2 Å². The van der Waals surface area contributed by atoms with Gasteiger partial charge in [0.05, 0.1) is 0 Å². The fraction of sp³-hybridized carbons (Fsp3) is 0.400. The van der Waals surface area contributed by atoms with E-state index in [1.807, 2.05) is 76.3 Å². The Hall–Kier alpha value is -2.21. The first-order valence-electron chi connectivity index (χ1n) is 12.8.